The Labute approximate surface area is 135 Å². The van der Waals surface area contributed by atoms with Gasteiger partial charge in [0.25, 0.3) is 5.69 Å². The molecule has 0 saturated heterocycles. The average molecular weight is 321 g/mol. The van der Waals surface area contributed by atoms with Crippen molar-refractivity contribution < 1.29 is 14.5 Å². The lowest BCUT2D eigenvalue weighted by Crippen LogP contribution is -2.35. The average Bonchev–Trinajstić information content (AvgIpc) is 2.37. The van der Waals surface area contributed by atoms with Crippen LogP contribution in [0.5, 0.6) is 5.75 Å². The van der Waals surface area contributed by atoms with Crippen molar-refractivity contribution in [1.82, 2.24) is 0 Å². The Bertz CT molecular complexity index is 615. The zero-order chi connectivity index (χ0) is 17.2. The molecule has 126 valence electrons. The van der Waals surface area contributed by atoms with Crippen LogP contribution in [0.25, 0.3) is 0 Å². The van der Waals surface area contributed by atoms with Gasteiger partial charge in [-0.05, 0) is 42.7 Å². The second-order valence-electron chi connectivity index (χ2n) is 7.11. The van der Waals surface area contributed by atoms with E-state index < -0.39 is 11.0 Å². The zero-order valence-corrected chi connectivity index (χ0v) is 13.7. The first-order chi connectivity index (χ1) is 10.7. The second-order valence-corrected chi connectivity index (χ2v) is 7.11. The highest BCUT2D eigenvalue weighted by atomic mass is 16.6. The van der Waals surface area contributed by atoms with Crippen LogP contribution in [-0.4, -0.2) is 17.1 Å². The van der Waals surface area contributed by atoms with Crippen LogP contribution in [0.4, 0.5) is 16.2 Å². The summed E-state index contributed by atoms with van der Waals surface area (Å²) in [6.45, 7) is 6.64. The van der Waals surface area contributed by atoms with Gasteiger partial charge in [0, 0.05) is 6.04 Å². The van der Waals surface area contributed by atoms with E-state index in [1.54, 1.807) is 6.07 Å². The number of amides is 1. The second kappa shape index (κ2) is 6.44. The van der Waals surface area contributed by atoms with Crippen LogP contribution in [0.3, 0.4) is 0 Å². The smallest absolute Gasteiger partial charge is 0.409 e. The molecular weight excluding hydrogens is 298 g/mol. The third-order valence-corrected chi connectivity index (χ3v) is 4.13. The van der Waals surface area contributed by atoms with Gasteiger partial charge >= 0.3 is 6.09 Å². The summed E-state index contributed by atoms with van der Waals surface area (Å²) in [6, 6.07) is 4.44. The third-order valence-electron chi connectivity index (χ3n) is 4.13. The van der Waals surface area contributed by atoms with Gasteiger partial charge < -0.3 is 15.8 Å². The number of hydrogen-bond acceptors (Lipinski definition) is 5. The van der Waals surface area contributed by atoms with Gasteiger partial charge in [0.2, 0.25) is 0 Å². The van der Waals surface area contributed by atoms with E-state index in [0.717, 1.165) is 19.3 Å². The third kappa shape index (κ3) is 4.58. The molecule has 2 atom stereocenters. The molecule has 7 nitrogen and oxygen atoms in total. The summed E-state index contributed by atoms with van der Waals surface area (Å²) < 4.78 is 4.71. The number of benzene rings is 1. The summed E-state index contributed by atoms with van der Waals surface area (Å²) in [4.78, 5) is 21.6. The Hall–Kier alpha value is -2.31. The van der Waals surface area contributed by atoms with Crippen molar-refractivity contribution in [1.29, 1.82) is 0 Å². The van der Waals surface area contributed by atoms with Crippen LogP contribution in [0, 0.1) is 21.4 Å². The number of ether oxygens (including phenoxy) is 1. The number of nitro groups is 1. The van der Waals surface area contributed by atoms with E-state index in [0.29, 0.717) is 11.6 Å². The number of nitrogens with one attached hydrogen (secondary N) is 1. The number of anilines is 1. The molecule has 1 aliphatic carbocycles. The Morgan fingerprint density at radius 3 is 2.70 bits per heavy atom. The Kier molecular flexibility index (Phi) is 4.77. The van der Waals surface area contributed by atoms with Crippen molar-refractivity contribution >= 4 is 17.5 Å². The van der Waals surface area contributed by atoms with Crippen molar-refractivity contribution in [3.05, 3.63) is 28.3 Å². The highest BCUT2D eigenvalue weighted by Gasteiger charge is 2.32. The van der Waals surface area contributed by atoms with E-state index in [4.69, 9.17) is 10.5 Å². The zero-order valence-electron chi connectivity index (χ0n) is 13.7. The minimum atomic E-state index is -0.997. The van der Waals surface area contributed by atoms with Gasteiger partial charge in [-0.1, -0.05) is 20.8 Å². The van der Waals surface area contributed by atoms with E-state index in [1.165, 1.54) is 12.1 Å². The Balaban J connectivity index is 2.21. The molecule has 0 radical (unpaired) electrons. The maximum Gasteiger partial charge on any atom is 0.409 e. The molecule has 1 saturated carbocycles. The summed E-state index contributed by atoms with van der Waals surface area (Å²) in [5.41, 5.74) is 5.45. The number of carbonyl (C=O) groups excluding carboxylic acids is 1. The standard InChI is InChI=1S/C16H23N3O4/c1-10-6-11(9-16(2,3)8-10)18-13-5-4-12(23-15(17)20)7-14(13)19(21)22/h4-5,7,10-11,18H,6,8-9H2,1-3H3,(H2,17,20)/t10-,11-/m0/s1. The van der Waals surface area contributed by atoms with Crippen LogP contribution in [0.1, 0.15) is 40.0 Å². The SMILES string of the molecule is C[C@H]1C[C@H](Nc2ccc(OC(N)=O)cc2[N+](=O)[O-])CC(C)(C)C1. The van der Waals surface area contributed by atoms with Crippen molar-refractivity contribution in [3.8, 4) is 5.75 Å². The molecule has 23 heavy (non-hydrogen) atoms. The minimum absolute atomic E-state index is 0.0621. The molecule has 1 amide bonds. The number of nitrogens with zero attached hydrogens (tertiary/aromatic N) is 1. The van der Waals surface area contributed by atoms with Gasteiger partial charge in [-0.25, -0.2) is 4.79 Å². The van der Waals surface area contributed by atoms with Crippen LogP contribution >= 0.6 is 0 Å². The fourth-order valence-electron chi connectivity index (χ4n) is 3.64. The lowest BCUT2D eigenvalue weighted by molar-refractivity contribution is -0.384. The first-order valence-corrected chi connectivity index (χ1v) is 7.68. The van der Waals surface area contributed by atoms with Gasteiger partial charge in [0.1, 0.15) is 11.4 Å². The predicted molar refractivity (Wildman–Crippen MR) is 87.5 cm³/mol. The van der Waals surface area contributed by atoms with Gasteiger partial charge in [-0.15, -0.1) is 0 Å². The molecule has 0 aromatic heterocycles. The molecule has 0 unspecified atom stereocenters. The Morgan fingerprint density at radius 1 is 1.43 bits per heavy atom. The summed E-state index contributed by atoms with van der Waals surface area (Å²) in [5.74, 6) is 0.625. The number of carbonyl (C=O) groups is 1. The molecule has 7 heteroatoms. The predicted octanol–water partition coefficient (Wildman–Crippen LogP) is 3.68. The molecule has 1 aliphatic rings. The number of nitrogens with two attached hydrogens (primary N) is 1. The maximum absolute atomic E-state index is 11.3. The topological polar surface area (TPSA) is 107 Å². The van der Waals surface area contributed by atoms with Crippen LogP contribution in [0.15, 0.2) is 18.2 Å². The van der Waals surface area contributed by atoms with Crippen molar-refractivity contribution in [2.24, 2.45) is 17.1 Å². The molecule has 0 aliphatic heterocycles. The molecule has 0 bridgehead atoms. The molecule has 0 heterocycles. The van der Waals surface area contributed by atoms with Gasteiger partial charge in [-0.2, -0.15) is 0 Å². The van der Waals surface area contributed by atoms with E-state index >= 15 is 0 Å². The quantitative estimate of drug-likeness (QED) is 0.649. The largest absolute Gasteiger partial charge is 0.410 e. The molecule has 1 aromatic carbocycles. The molecule has 2 rings (SSSR count). The number of rotatable bonds is 4. The van der Waals surface area contributed by atoms with E-state index in [2.05, 4.69) is 26.1 Å². The lowest BCUT2D eigenvalue weighted by atomic mass is 9.70. The summed E-state index contributed by atoms with van der Waals surface area (Å²) in [5, 5.41) is 14.6. The summed E-state index contributed by atoms with van der Waals surface area (Å²) in [6.07, 6.45) is 2.08. The van der Waals surface area contributed by atoms with Gasteiger partial charge in [-0.3, -0.25) is 10.1 Å². The van der Waals surface area contributed by atoms with Crippen molar-refractivity contribution in [3.63, 3.8) is 0 Å². The van der Waals surface area contributed by atoms with Crippen LogP contribution < -0.4 is 15.8 Å². The summed E-state index contributed by atoms with van der Waals surface area (Å²) in [7, 11) is 0. The van der Waals surface area contributed by atoms with Gasteiger partial charge in [0.05, 0.1) is 11.0 Å². The lowest BCUT2D eigenvalue weighted by Gasteiger charge is -2.39. The maximum atomic E-state index is 11.3. The Morgan fingerprint density at radius 2 is 2.13 bits per heavy atom. The minimum Gasteiger partial charge on any atom is -0.410 e. The monoisotopic (exact) mass is 321 g/mol. The molecular formula is C16H23N3O4. The number of nitro benzene ring substituents is 1. The van der Waals surface area contributed by atoms with E-state index in [1.807, 2.05) is 0 Å². The highest BCUT2D eigenvalue weighted by Crippen LogP contribution is 2.40. The fourth-order valence-corrected chi connectivity index (χ4v) is 3.64. The van der Waals surface area contributed by atoms with E-state index in [-0.39, 0.29) is 22.9 Å². The summed E-state index contributed by atoms with van der Waals surface area (Å²) >= 11 is 0. The fraction of sp³-hybridized carbons (Fsp3) is 0.562. The van der Waals surface area contributed by atoms with Crippen LogP contribution in [-0.2, 0) is 0 Å². The van der Waals surface area contributed by atoms with Crippen molar-refractivity contribution in [2.45, 2.75) is 46.1 Å². The van der Waals surface area contributed by atoms with Gasteiger partial charge in [0.15, 0.2) is 0 Å². The number of primary amides is 1. The first kappa shape index (κ1) is 17.1. The number of hydrogen-bond donors (Lipinski definition) is 2. The first-order valence-electron chi connectivity index (χ1n) is 7.68. The van der Waals surface area contributed by atoms with E-state index in [9.17, 15) is 14.9 Å². The highest BCUT2D eigenvalue weighted by molar-refractivity contribution is 5.70. The normalized spacial score (nSPS) is 23.1. The molecule has 3 N–H and O–H groups in total. The van der Waals surface area contributed by atoms with Crippen LogP contribution in [0.2, 0.25) is 0 Å². The molecule has 0 spiro atoms. The molecule has 1 fully saturated rings. The molecule has 1 aromatic rings. The van der Waals surface area contributed by atoms with Crippen molar-refractivity contribution in [2.75, 3.05) is 5.32 Å².